The Morgan fingerprint density at radius 2 is 1.49 bits per heavy atom. The minimum Gasteiger partial charge on any atom is -0.494 e. The number of nitrogens with zero attached hydrogens (tertiary/aromatic N) is 1. The van der Waals surface area contributed by atoms with E-state index in [1.54, 1.807) is 6.92 Å². The lowest BCUT2D eigenvalue weighted by atomic mass is 9.87. The zero-order valence-corrected chi connectivity index (χ0v) is 24.3. The van der Waals surface area contributed by atoms with Crippen LogP contribution in [0.15, 0.2) is 47.1 Å². The Balaban J connectivity index is 2.01. The van der Waals surface area contributed by atoms with Gasteiger partial charge in [0.1, 0.15) is 0 Å². The summed E-state index contributed by atoms with van der Waals surface area (Å²) in [6.07, 6.45) is -12.4. The number of anilines is 2. The number of nitrogens with one attached hydrogen (secondary N) is 2. The van der Waals surface area contributed by atoms with Crippen LogP contribution in [0.5, 0.6) is 5.75 Å². The molecule has 1 atom stereocenters. The molecule has 2 aromatic carbocycles. The van der Waals surface area contributed by atoms with Gasteiger partial charge in [0.25, 0.3) is 11.8 Å². The molecule has 1 heterocycles. The number of methoxy groups -OCH3 is 1. The standard InChI is InChI=1S/C25H15BrCl2F9N3O3/c1-10-17(28)12(6-7-38-10)20(41)39-16-5-3-4-13(19(16)43-2)21(42)40-18-14(26)8-11(9-15(18)27)22(29,24(32,33)34)23(30,31)25(35,36)37/h3-9H,1-2H3,(H,39,41)(H,40,42). The summed E-state index contributed by atoms with van der Waals surface area (Å²) in [5.41, 5.74) is -9.03. The fourth-order valence-electron chi connectivity index (χ4n) is 3.74. The second-order valence-corrected chi connectivity index (χ2v) is 10.2. The van der Waals surface area contributed by atoms with E-state index in [2.05, 4.69) is 31.5 Å². The van der Waals surface area contributed by atoms with Crippen molar-refractivity contribution in [1.82, 2.24) is 4.98 Å². The summed E-state index contributed by atoms with van der Waals surface area (Å²) in [7, 11) is 1.13. The first-order valence-corrected chi connectivity index (χ1v) is 12.8. The largest absolute Gasteiger partial charge is 0.494 e. The predicted molar refractivity (Wildman–Crippen MR) is 142 cm³/mol. The molecule has 2 N–H and O–H groups in total. The molecule has 0 radical (unpaired) electrons. The first kappa shape index (κ1) is 34.3. The molecule has 1 aromatic heterocycles. The molecule has 0 aliphatic carbocycles. The van der Waals surface area contributed by atoms with Crippen LogP contribution in [-0.4, -0.2) is 42.2 Å². The number of carbonyl (C=O) groups excluding carboxylic acids is 2. The Morgan fingerprint density at radius 1 is 0.884 bits per heavy atom. The molecule has 0 spiro atoms. The summed E-state index contributed by atoms with van der Waals surface area (Å²) < 4.78 is 126. The van der Waals surface area contributed by atoms with Gasteiger partial charge in [0.05, 0.1) is 45.4 Å². The Labute approximate surface area is 254 Å². The highest BCUT2D eigenvalue weighted by Crippen LogP contribution is 2.59. The van der Waals surface area contributed by atoms with Gasteiger partial charge in [-0.05, 0) is 53.2 Å². The van der Waals surface area contributed by atoms with Gasteiger partial charge in [-0.25, -0.2) is 4.39 Å². The molecule has 43 heavy (non-hydrogen) atoms. The molecule has 6 nitrogen and oxygen atoms in total. The molecule has 0 saturated heterocycles. The van der Waals surface area contributed by atoms with Crippen molar-refractivity contribution in [2.24, 2.45) is 0 Å². The Hall–Kier alpha value is -3.24. The van der Waals surface area contributed by atoms with Crippen molar-refractivity contribution in [1.29, 1.82) is 0 Å². The zero-order chi connectivity index (χ0) is 32.7. The van der Waals surface area contributed by atoms with E-state index in [1.807, 2.05) is 0 Å². The lowest BCUT2D eigenvalue weighted by molar-refractivity contribution is -0.389. The second-order valence-electron chi connectivity index (χ2n) is 8.60. The summed E-state index contributed by atoms with van der Waals surface area (Å²) in [5, 5.41) is 3.63. The maximum atomic E-state index is 14.9. The number of hydrogen-bond acceptors (Lipinski definition) is 4. The van der Waals surface area contributed by atoms with Crippen LogP contribution in [0.3, 0.4) is 0 Å². The van der Waals surface area contributed by atoms with E-state index >= 15 is 0 Å². The number of alkyl halides is 9. The van der Waals surface area contributed by atoms with Crippen molar-refractivity contribution in [2.75, 3.05) is 17.7 Å². The SMILES string of the molecule is COc1c(NC(=O)c2ccnc(C)c2Cl)cccc1C(=O)Nc1c(Cl)cc(C(F)(C(F)(F)F)C(F)(F)C(F)(F)F)cc1Br. The minimum absolute atomic E-state index is 0.0248. The van der Waals surface area contributed by atoms with Crippen molar-refractivity contribution < 1.29 is 53.8 Å². The molecule has 0 fully saturated rings. The smallest absolute Gasteiger partial charge is 0.457 e. The molecule has 3 rings (SSSR count). The van der Waals surface area contributed by atoms with Gasteiger partial charge in [0.15, 0.2) is 5.75 Å². The third-order valence-electron chi connectivity index (χ3n) is 5.88. The molecule has 0 aliphatic heterocycles. The van der Waals surface area contributed by atoms with Crippen molar-refractivity contribution in [3.63, 3.8) is 0 Å². The second kappa shape index (κ2) is 12.0. The lowest BCUT2D eigenvalue weighted by Crippen LogP contribution is -2.59. The first-order chi connectivity index (χ1) is 19.7. The molecule has 0 aliphatic rings. The Kier molecular flexibility index (Phi) is 9.59. The normalized spacial score (nSPS) is 13.7. The third kappa shape index (κ3) is 6.22. The highest BCUT2D eigenvalue weighted by Gasteiger charge is 2.81. The van der Waals surface area contributed by atoms with Crippen LogP contribution in [0.25, 0.3) is 0 Å². The number of aryl methyl sites for hydroxylation is 1. The van der Waals surface area contributed by atoms with Gasteiger partial charge < -0.3 is 15.4 Å². The van der Waals surface area contributed by atoms with Crippen molar-refractivity contribution in [3.8, 4) is 5.75 Å². The highest BCUT2D eigenvalue weighted by molar-refractivity contribution is 9.10. The fraction of sp³-hybridized carbons (Fsp3) is 0.240. The molecule has 0 bridgehead atoms. The summed E-state index contributed by atoms with van der Waals surface area (Å²) in [6.45, 7) is 1.55. The average molecular weight is 727 g/mol. The summed E-state index contributed by atoms with van der Waals surface area (Å²) in [4.78, 5) is 29.8. The Bertz CT molecular complexity index is 1560. The Morgan fingerprint density at radius 3 is 2.02 bits per heavy atom. The number of carbonyl (C=O) groups is 2. The zero-order valence-electron chi connectivity index (χ0n) is 21.2. The van der Waals surface area contributed by atoms with Crippen molar-refractivity contribution in [2.45, 2.75) is 30.9 Å². The fourth-order valence-corrected chi connectivity index (χ4v) is 4.88. The number of pyridine rings is 1. The monoisotopic (exact) mass is 725 g/mol. The molecule has 18 heteroatoms. The van der Waals surface area contributed by atoms with Gasteiger partial charge in [-0.1, -0.05) is 29.3 Å². The lowest BCUT2D eigenvalue weighted by Gasteiger charge is -2.36. The maximum absolute atomic E-state index is 14.9. The van der Waals surface area contributed by atoms with Crippen molar-refractivity contribution in [3.05, 3.63) is 79.5 Å². The topological polar surface area (TPSA) is 80.3 Å². The van der Waals surface area contributed by atoms with E-state index in [1.165, 1.54) is 30.5 Å². The minimum atomic E-state index is -6.94. The molecular weight excluding hydrogens is 712 g/mol. The average Bonchev–Trinajstić information content (AvgIpc) is 2.89. The van der Waals surface area contributed by atoms with Gasteiger partial charge in [-0.15, -0.1) is 0 Å². The number of benzene rings is 2. The number of para-hydroxylation sites is 1. The first-order valence-electron chi connectivity index (χ1n) is 11.3. The molecule has 1 unspecified atom stereocenters. The van der Waals surface area contributed by atoms with E-state index < -0.39 is 56.5 Å². The highest BCUT2D eigenvalue weighted by atomic mass is 79.9. The van der Waals surface area contributed by atoms with E-state index in [-0.39, 0.29) is 39.7 Å². The number of hydrogen-bond donors (Lipinski definition) is 2. The van der Waals surface area contributed by atoms with Crippen LogP contribution < -0.4 is 15.4 Å². The van der Waals surface area contributed by atoms with Crippen LogP contribution in [0, 0.1) is 6.92 Å². The molecular formula is C25H15BrCl2F9N3O3. The molecule has 232 valence electrons. The van der Waals surface area contributed by atoms with Crippen LogP contribution in [0.2, 0.25) is 10.0 Å². The quantitative estimate of drug-likeness (QED) is 0.239. The van der Waals surface area contributed by atoms with Crippen LogP contribution in [0.4, 0.5) is 50.9 Å². The summed E-state index contributed by atoms with van der Waals surface area (Å²) >= 11 is 14.6. The van der Waals surface area contributed by atoms with Crippen LogP contribution in [-0.2, 0) is 5.67 Å². The third-order valence-corrected chi connectivity index (χ3v) is 7.28. The van der Waals surface area contributed by atoms with Gasteiger partial charge in [0, 0.05) is 16.2 Å². The van der Waals surface area contributed by atoms with E-state index in [9.17, 15) is 49.1 Å². The molecule has 2 amide bonds. The van der Waals surface area contributed by atoms with E-state index in [4.69, 9.17) is 27.9 Å². The van der Waals surface area contributed by atoms with Gasteiger partial charge >= 0.3 is 23.9 Å². The number of amides is 2. The number of aromatic nitrogens is 1. The van der Waals surface area contributed by atoms with E-state index in [0.29, 0.717) is 5.69 Å². The van der Waals surface area contributed by atoms with Crippen LogP contribution in [0.1, 0.15) is 32.0 Å². The summed E-state index contributed by atoms with van der Waals surface area (Å²) in [6, 6.07) is 5.00. The maximum Gasteiger partial charge on any atom is 0.457 e. The van der Waals surface area contributed by atoms with E-state index in [0.717, 1.165) is 7.11 Å². The van der Waals surface area contributed by atoms with Gasteiger partial charge in [-0.2, -0.15) is 35.1 Å². The predicted octanol–water partition coefficient (Wildman–Crippen LogP) is 8.90. The van der Waals surface area contributed by atoms with Crippen LogP contribution >= 0.6 is 39.1 Å². The number of rotatable bonds is 7. The molecule has 0 saturated carbocycles. The van der Waals surface area contributed by atoms with Crippen molar-refractivity contribution >= 4 is 62.3 Å². The molecule has 3 aromatic rings. The van der Waals surface area contributed by atoms with Gasteiger partial charge in [-0.3, -0.25) is 14.6 Å². The number of ether oxygens (including phenoxy) is 1. The number of halogens is 12. The summed E-state index contributed by atoms with van der Waals surface area (Å²) in [5.74, 6) is -8.97. The van der Waals surface area contributed by atoms with Gasteiger partial charge in [0.2, 0.25) is 0 Å².